The number of aromatic nitrogens is 3. The number of hydrogen-bond donors (Lipinski definition) is 3. The van der Waals surface area contributed by atoms with Crippen molar-refractivity contribution in [3.8, 4) is 0 Å². The summed E-state index contributed by atoms with van der Waals surface area (Å²) in [5, 5.41) is 4.14. The Kier molecular flexibility index (Phi) is 3.50. The summed E-state index contributed by atoms with van der Waals surface area (Å²) in [6.45, 7) is 4.71. The third kappa shape index (κ3) is 2.63. The summed E-state index contributed by atoms with van der Waals surface area (Å²) in [5.74, 6) is 0.507. The number of nitrogens with zero attached hydrogens (tertiary/aromatic N) is 3. The highest BCUT2D eigenvalue weighted by Crippen LogP contribution is 2.24. The van der Waals surface area contributed by atoms with Crippen LogP contribution in [0.5, 0.6) is 0 Å². The van der Waals surface area contributed by atoms with E-state index in [1.807, 2.05) is 6.92 Å². The molecule has 3 aromatic rings. The first-order chi connectivity index (χ1) is 10.5. The Bertz CT molecular complexity index is 826. The van der Waals surface area contributed by atoms with E-state index in [4.69, 9.17) is 11.5 Å². The van der Waals surface area contributed by atoms with Gasteiger partial charge in [-0.15, -0.1) is 0 Å². The van der Waals surface area contributed by atoms with Crippen LogP contribution in [0.15, 0.2) is 30.5 Å². The van der Waals surface area contributed by atoms with Crippen molar-refractivity contribution in [2.75, 3.05) is 16.8 Å². The molecule has 0 saturated carbocycles. The second-order valence-electron chi connectivity index (χ2n) is 5.29. The number of hydrogen-bond acceptors (Lipinski definition) is 6. The van der Waals surface area contributed by atoms with Gasteiger partial charge in [-0.3, -0.25) is 0 Å². The van der Waals surface area contributed by atoms with E-state index in [-0.39, 0.29) is 5.95 Å². The lowest BCUT2D eigenvalue weighted by Gasteiger charge is -2.12. The van der Waals surface area contributed by atoms with E-state index in [9.17, 15) is 0 Å². The standard InChI is InChI=1S/C16H18N6/c1-9-3-5-12(6-4-9)19-7-11-8-20-15-13(10(11)2)14(17)21-16(18)22-15/h3-6,8,19H,7H2,1-2H3,(H4,17,18,20,21,22). The third-order valence-corrected chi connectivity index (χ3v) is 3.67. The molecule has 0 atom stereocenters. The van der Waals surface area contributed by atoms with Gasteiger partial charge in [0.2, 0.25) is 5.95 Å². The van der Waals surface area contributed by atoms with Gasteiger partial charge in [0.1, 0.15) is 5.82 Å². The maximum absolute atomic E-state index is 5.96. The van der Waals surface area contributed by atoms with Crippen molar-refractivity contribution in [3.05, 3.63) is 47.2 Å². The van der Waals surface area contributed by atoms with E-state index in [1.54, 1.807) is 6.20 Å². The first-order valence-electron chi connectivity index (χ1n) is 7.02. The van der Waals surface area contributed by atoms with Gasteiger partial charge in [0.25, 0.3) is 0 Å². The van der Waals surface area contributed by atoms with Gasteiger partial charge in [-0.1, -0.05) is 17.7 Å². The minimum atomic E-state index is 0.141. The number of anilines is 3. The molecule has 112 valence electrons. The van der Waals surface area contributed by atoms with Crippen LogP contribution in [0.3, 0.4) is 0 Å². The van der Waals surface area contributed by atoms with Crippen molar-refractivity contribution in [2.45, 2.75) is 20.4 Å². The molecule has 0 unspecified atom stereocenters. The highest BCUT2D eigenvalue weighted by Gasteiger charge is 2.11. The summed E-state index contributed by atoms with van der Waals surface area (Å²) < 4.78 is 0. The number of benzene rings is 1. The predicted molar refractivity (Wildman–Crippen MR) is 89.4 cm³/mol. The molecule has 6 nitrogen and oxygen atoms in total. The topological polar surface area (TPSA) is 103 Å². The van der Waals surface area contributed by atoms with Crippen LogP contribution in [0.1, 0.15) is 16.7 Å². The Morgan fingerprint density at radius 2 is 1.77 bits per heavy atom. The number of nitrogens with two attached hydrogens (primary N) is 2. The van der Waals surface area contributed by atoms with Crippen LogP contribution in [-0.4, -0.2) is 15.0 Å². The molecule has 22 heavy (non-hydrogen) atoms. The fourth-order valence-electron chi connectivity index (χ4n) is 2.38. The van der Waals surface area contributed by atoms with Crippen LogP contribution in [0.4, 0.5) is 17.5 Å². The minimum absolute atomic E-state index is 0.141. The monoisotopic (exact) mass is 294 g/mol. The molecule has 2 heterocycles. The van der Waals surface area contributed by atoms with E-state index in [1.165, 1.54) is 5.56 Å². The molecule has 5 N–H and O–H groups in total. The zero-order valence-corrected chi connectivity index (χ0v) is 12.6. The van der Waals surface area contributed by atoms with Crippen LogP contribution in [0.2, 0.25) is 0 Å². The summed E-state index contributed by atoms with van der Waals surface area (Å²) in [5.41, 5.74) is 16.5. The van der Waals surface area contributed by atoms with E-state index in [0.29, 0.717) is 18.0 Å². The molecule has 3 rings (SSSR count). The smallest absolute Gasteiger partial charge is 0.224 e. The van der Waals surface area contributed by atoms with Crippen LogP contribution in [0, 0.1) is 13.8 Å². The van der Waals surface area contributed by atoms with Gasteiger partial charge in [-0.05, 0) is 37.1 Å². The molecule has 0 aliphatic carbocycles. The Hall–Kier alpha value is -2.89. The Morgan fingerprint density at radius 1 is 1.05 bits per heavy atom. The lowest BCUT2D eigenvalue weighted by molar-refractivity contribution is 1.09. The average Bonchev–Trinajstić information content (AvgIpc) is 2.47. The number of nitrogen functional groups attached to an aromatic ring is 2. The van der Waals surface area contributed by atoms with Gasteiger partial charge < -0.3 is 16.8 Å². The Balaban J connectivity index is 1.91. The Labute approximate surface area is 128 Å². The molecule has 0 fully saturated rings. The van der Waals surface area contributed by atoms with Crippen molar-refractivity contribution < 1.29 is 0 Å². The second kappa shape index (κ2) is 5.48. The summed E-state index contributed by atoms with van der Waals surface area (Å²) in [4.78, 5) is 12.5. The zero-order valence-electron chi connectivity index (χ0n) is 12.6. The quantitative estimate of drug-likeness (QED) is 0.685. The molecule has 0 aliphatic rings. The highest BCUT2D eigenvalue weighted by atomic mass is 15.1. The largest absolute Gasteiger partial charge is 0.383 e. The third-order valence-electron chi connectivity index (χ3n) is 3.67. The normalized spacial score (nSPS) is 10.8. The van der Waals surface area contributed by atoms with Gasteiger partial charge in [0.15, 0.2) is 5.65 Å². The summed E-state index contributed by atoms with van der Waals surface area (Å²) in [6, 6.07) is 8.25. The molecular formula is C16H18N6. The SMILES string of the molecule is Cc1ccc(NCc2cnc3nc(N)nc(N)c3c2C)cc1. The van der Waals surface area contributed by atoms with Gasteiger partial charge in [0, 0.05) is 18.4 Å². The van der Waals surface area contributed by atoms with Crippen molar-refractivity contribution in [1.82, 2.24) is 15.0 Å². The van der Waals surface area contributed by atoms with Crippen molar-refractivity contribution in [1.29, 1.82) is 0 Å². The van der Waals surface area contributed by atoms with E-state index >= 15 is 0 Å². The number of nitrogens with one attached hydrogen (secondary N) is 1. The summed E-state index contributed by atoms with van der Waals surface area (Å²) >= 11 is 0. The van der Waals surface area contributed by atoms with Crippen LogP contribution in [0.25, 0.3) is 11.0 Å². The van der Waals surface area contributed by atoms with Gasteiger partial charge in [0.05, 0.1) is 5.39 Å². The first-order valence-corrected chi connectivity index (χ1v) is 7.02. The predicted octanol–water partition coefficient (Wildman–Crippen LogP) is 2.42. The van der Waals surface area contributed by atoms with Crippen LogP contribution < -0.4 is 16.8 Å². The molecule has 1 aromatic carbocycles. The van der Waals surface area contributed by atoms with Crippen molar-refractivity contribution in [2.24, 2.45) is 0 Å². The van der Waals surface area contributed by atoms with Crippen LogP contribution >= 0.6 is 0 Å². The fraction of sp³-hybridized carbons (Fsp3) is 0.188. The van der Waals surface area contributed by atoms with E-state index in [0.717, 1.165) is 22.2 Å². The van der Waals surface area contributed by atoms with Crippen LogP contribution in [-0.2, 0) is 6.54 Å². The molecule has 2 aromatic heterocycles. The molecular weight excluding hydrogens is 276 g/mol. The highest BCUT2D eigenvalue weighted by molar-refractivity contribution is 5.89. The maximum atomic E-state index is 5.96. The van der Waals surface area contributed by atoms with Crippen molar-refractivity contribution in [3.63, 3.8) is 0 Å². The number of rotatable bonds is 3. The lowest BCUT2D eigenvalue weighted by atomic mass is 10.1. The minimum Gasteiger partial charge on any atom is -0.383 e. The van der Waals surface area contributed by atoms with Gasteiger partial charge in [-0.25, -0.2) is 4.98 Å². The molecule has 0 bridgehead atoms. The lowest BCUT2D eigenvalue weighted by Crippen LogP contribution is -2.07. The molecule has 0 radical (unpaired) electrons. The molecule has 0 amide bonds. The van der Waals surface area contributed by atoms with E-state index in [2.05, 4.69) is 51.5 Å². The number of aryl methyl sites for hydroxylation is 2. The van der Waals surface area contributed by atoms with Gasteiger partial charge in [-0.2, -0.15) is 9.97 Å². The maximum Gasteiger partial charge on any atom is 0.224 e. The molecule has 6 heteroatoms. The van der Waals surface area contributed by atoms with Gasteiger partial charge >= 0.3 is 0 Å². The summed E-state index contributed by atoms with van der Waals surface area (Å²) in [6.07, 6.45) is 1.80. The fourth-order valence-corrected chi connectivity index (χ4v) is 2.38. The van der Waals surface area contributed by atoms with E-state index < -0.39 is 0 Å². The molecule has 0 spiro atoms. The molecule has 0 saturated heterocycles. The van der Waals surface area contributed by atoms with Crippen molar-refractivity contribution >= 4 is 28.5 Å². The second-order valence-corrected chi connectivity index (χ2v) is 5.29. The Morgan fingerprint density at radius 3 is 2.50 bits per heavy atom. The first kappa shape index (κ1) is 14.1. The molecule has 0 aliphatic heterocycles. The zero-order chi connectivity index (χ0) is 15.7. The average molecular weight is 294 g/mol. The number of fused-ring (bicyclic) bond motifs is 1. The summed E-state index contributed by atoms with van der Waals surface area (Å²) in [7, 11) is 0. The number of pyridine rings is 1.